The van der Waals surface area contributed by atoms with Crippen molar-refractivity contribution in [3.05, 3.63) is 28.9 Å². The minimum absolute atomic E-state index is 0.225. The molecule has 1 atom stereocenters. The predicted molar refractivity (Wildman–Crippen MR) is 99.1 cm³/mol. The zero-order chi connectivity index (χ0) is 19.1. The van der Waals surface area contributed by atoms with Crippen molar-refractivity contribution in [2.45, 2.75) is 32.8 Å². The summed E-state index contributed by atoms with van der Waals surface area (Å²) in [6.45, 7) is 5.20. The van der Waals surface area contributed by atoms with Crippen molar-refractivity contribution in [1.82, 2.24) is 20.2 Å². The fourth-order valence-corrected chi connectivity index (χ4v) is 4.14. The molecule has 1 aliphatic heterocycles. The van der Waals surface area contributed by atoms with E-state index in [0.29, 0.717) is 23.2 Å². The number of aliphatic hydroxyl groups is 1. The number of fused-ring (bicyclic) bond motifs is 1. The Bertz CT molecular complexity index is 797. The second kappa shape index (κ2) is 7.06. The summed E-state index contributed by atoms with van der Waals surface area (Å²) in [5.41, 5.74) is 1.12. The van der Waals surface area contributed by atoms with Crippen LogP contribution in [0, 0.1) is 11.3 Å². The number of nitrogens with one attached hydrogen (secondary N) is 1. The van der Waals surface area contributed by atoms with Gasteiger partial charge in [0.1, 0.15) is 0 Å². The van der Waals surface area contributed by atoms with Crippen LogP contribution in [0.25, 0.3) is 10.9 Å². The molecule has 0 spiro atoms. The summed E-state index contributed by atoms with van der Waals surface area (Å²) in [7, 11) is 1.33. The molecule has 2 amide bonds. The van der Waals surface area contributed by atoms with Gasteiger partial charge < -0.3 is 10.0 Å². The molecule has 0 radical (unpaired) electrons. The van der Waals surface area contributed by atoms with E-state index in [2.05, 4.69) is 10.2 Å². The van der Waals surface area contributed by atoms with E-state index in [1.165, 1.54) is 7.05 Å². The number of aliphatic hydroxyl groups excluding tert-OH is 1. The SMILES string of the molecule is CN(O)C(=O)N1CCC(C(C)(C)[C@H](O)c2cc(Cl)cc3cn[nH]c23)CC1. The largest absolute Gasteiger partial charge is 0.388 e. The van der Waals surface area contributed by atoms with Crippen molar-refractivity contribution < 1.29 is 15.1 Å². The Morgan fingerprint density at radius 3 is 2.69 bits per heavy atom. The Morgan fingerprint density at radius 1 is 1.42 bits per heavy atom. The Kier molecular flexibility index (Phi) is 5.14. The molecule has 1 saturated heterocycles. The van der Waals surface area contributed by atoms with Gasteiger partial charge in [-0.1, -0.05) is 25.4 Å². The van der Waals surface area contributed by atoms with Crippen molar-refractivity contribution in [3.8, 4) is 0 Å². The standard InChI is InChI=1S/C18H25ClN4O3/c1-18(2,12-4-6-23(7-5-12)17(25)22(3)26)16(24)14-9-13(19)8-11-10-20-21-15(11)14/h8-10,12,16,24,26H,4-7H2,1-3H3,(H,20,21)/t16-/m1/s1. The average Bonchev–Trinajstić information content (AvgIpc) is 3.07. The number of hydrogen-bond acceptors (Lipinski definition) is 4. The lowest BCUT2D eigenvalue weighted by molar-refractivity contribution is -0.0468. The molecule has 0 bridgehead atoms. The van der Waals surface area contributed by atoms with Gasteiger partial charge in [-0.05, 0) is 36.3 Å². The number of benzene rings is 1. The quantitative estimate of drug-likeness (QED) is 0.561. The van der Waals surface area contributed by atoms with Gasteiger partial charge in [0.05, 0.1) is 17.8 Å². The van der Waals surface area contributed by atoms with Crippen LogP contribution in [0.1, 0.15) is 38.4 Å². The zero-order valence-corrected chi connectivity index (χ0v) is 16.0. The number of carbonyl (C=O) groups excluding carboxylic acids is 1. The molecule has 7 nitrogen and oxygen atoms in total. The van der Waals surface area contributed by atoms with Crippen LogP contribution < -0.4 is 0 Å². The second-order valence-electron chi connectivity index (χ2n) is 7.62. The van der Waals surface area contributed by atoms with Gasteiger partial charge in [0.2, 0.25) is 0 Å². The molecule has 142 valence electrons. The highest BCUT2D eigenvalue weighted by molar-refractivity contribution is 6.31. The van der Waals surface area contributed by atoms with E-state index in [0.717, 1.165) is 29.3 Å². The van der Waals surface area contributed by atoms with E-state index >= 15 is 0 Å². The van der Waals surface area contributed by atoms with Crippen LogP contribution in [0.2, 0.25) is 5.02 Å². The first-order chi connectivity index (χ1) is 12.2. The molecule has 2 aromatic rings. The molecule has 0 unspecified atom stereocenters. The van der Waals surface area contributed by atoms with E-state index < -0.39 is 17.6 Å². The summed E-state index contributed by atoms with van der Waals surface area (Å²) in [6.07, 6.45) is 2.49. The van der Waals surface area contributed by atoms with Crippen LogP contribution in [0.4, 0.5) is 4.79 Å². The maximum atomic E-state index is 11.9. The summed E-state index contributed by atoms with van der Waals surface area (Å²) >= 11 is 6.22. The van der Waals surface area contributed by atoms with Crippen molar-refractivity contribution in [1.29, 1.82) is 0 Å². The number of H-pyrrole nitrogens is 1. The van der Waals surface area contributed by atoms with Gasteiger partial charge in [-0.3, -0.25) is 10.3 Å². The molecule has 3 N–H and O–H groups in total. The highest BCUT2D eigenvalue weighted by Gasteiger charge is 2.40. The second-order valence-corrected chi connectivity index (χ2v) is 8.06. The lowest BCUT2D eigenvalue weighted by Crippen LogP contribution is -2.47. The van der Waals surface area contributed by atoms with Crippen molar-refractivity contribution in [3.63, 3.8) is 0 Å². The molecule has 8 heteroatoms. The topological polar surface area (TPSA) is 92.7 Å². The first kappa shape index (κ1) is 18.9. The number of urea groups is 1. The van der Waals surface area contributed by atoms with Crippen molar-refractivity contribution in [2.75, 3.05) is 20.1 Å². The zero-order valence-electron chi connectivity index (χ0n) is 15.2. The van der Waals surface area contributed by atoms with Crippen LogP contribution in [0.3, 0.4) is 0 Å². The lowest BCUT2D eigenvalue weighted by atomic mass is 9.68. The van der Waals surface area contributed by atoms with Crippen molar-refractivity contribution >= 4 is 28.5 Å². The fourth-order valence-electron chi connectivity index (χ4n) is 3.91. The van der Waals surface area contributed by atoms with Gasteiger partial charge in [0, 0.05) is 36.1 Å². The number of carbonyl (C=O) groups is 1. The summed E-state index contributed by atoms with van der Waals surface area (Å²) in [4.78, 5) is 13.5. The van der Waals surface area contributed by atoms with E-state index in [4.69, 9.17) is 11.6 Å². The van der Waals surface area contributed by atoms with Crippen LogP contribution in [0.15, 0.2) is 18.3 Å². The normalized spacial score (nSPS) is 17.5. The first-order valence-electron chi connectivity index (χ1n) is 8.74. The third-order valence-corrected chi connectivity index (χ3v) is 5.86. The van der Waals surface area contributed by atoms with Gasteiger partial charge >= 0.3 is 6.03 Å². The Labute approximate surface area is 157 Å². The fraction of sp³-hybridized carbons (Fsp3) is 0.556. The highest BCUT2D eigenvalue weighted by atomic mass is 35.5. The van der Waals surface area contributed by atoms with Gasteiger partial charge in [-0.15, -0.1) is 0 Å². The smallest absolute Gasteiger partial charge is 0.343 e. The molecule has 1 fully saturated rings. The predicted octanol–water partition coefficient (Wildman–Crippen LogP) is 3.43. The lowest BCUT2D eigenvalue weighted by Gasteiger charge is -2.43. The molecule has 2 heterocycles. The molecule has 1 aromatic heterocycles. The molecule has 1 aliphatic rings. The molecule has 3 rings (SSSR count). The maximum Gasteiger partial charge on any atom is 0.343 e. The third-order valence-electron chi connectivity index (χ3n) is 5.64. The summed E-state index contributed by atoms with van der Waals surface area (Å²) in [5.74, 6) is 0.225. The third kappa shape index (κ3) is 3.39. The highest BCUT2D eigenvalue weighted by Crippen LogP contribution is 2.46. The monoisotopic (exact) mass is 380 g/mol. The number of piperidine rings is 1. The molecule has 0 saturated carbocycles. The van der Waals surface area contributed by atoms with E-state index in [-0.39, 0.29) is 5.92 Å². The van der Waals surface area contributed by atoms with Crippen LogP contribution in [0.5, 0.6) is 0 Å². The molecule has 1 aromatic carbocycles. The van der Waals surface area contributed by atoms with Crippen LogP contribution >= 0.6 is 11.6 Å². The number of hydrogen-bond donors (Lipinski definition) is 3. The van der Waals surface area contributed by atoms with Gasteiger partial charge in [-0.2, -0.15) is 5.10 Å². The Hall–Kier alpha value is -1.83. The van der Waals surface area contributed by atoms with Gasteiger partial charge in [0.15, 0.2) is 0 Å². The number of likely N-dealkylation sites (tertiary alicyclic amines) is 1. The molecule has 0 aliphatic carbocycles. The van der Waals surface area contributed by atoms with E-state index in [1.54, 1.807) is 17.2 Å². The minimum Gasteiger partial charge on any atom is -0.388 e. The Balaban J connectivity index is 1.79. The summed E-state index contributed by atoms with van der Waals surface area (Å²) in [5, 5.41) is 29.5. The average molecular weight is 381 g/mol. The number of rotatable bonds is 3. The van der Waals surface area contributed by atoms with Gasteiger partial charge in [-0.25, -0.2) is 9.86 Å². The summed E-state index contributed by atoms with van der Waals surface area (Å²) in [6, 6.07) is 3.21. The summed E-state index contributed by atoms with van der Waals surface area (Å²) < 4.78 is 0. The number of halogens is 1. The minimum atomic E-state index is -0.725. The number of aromatic amines is 1. The number of hydroxylamine groups is 2. The Morgan fingerprint density at radius 2 is 2.08 bits per heavy atom. The molecule has 26 heavy (non-hydrogen) atoms. The maximum absolute atomic E-state index is 11.9. The first-order valence-corrected chi connectivity index (χ1v) is 9.11. The molecular weight excluding hydrogens is 356 g/mol. The van der Waals surface area contributed by atoms with Gasteiger partial charge in [0.25, 0.3) is 0 Å². The number of amides is 2. The molecular formula is C18H25ClN4O3. The van der Waals surface area contributed by atoms with Crippen LogP contribution in [-0.4, -0.2) is 56.6 Å². The van der Waals surface area contributed by atoms with Crippen LogP contribution in [-0.2, 0) is 0 Å². The van der Waals surface area contributed by atoms with E-state index in [9.17, 15) is 15.1 Å². The van der Waals surface area contributed by atoms with E-state index in [1.807, 2.05) is 19.9 Å². The number of nitrogens with zero attached hydrogens (tertiary/aromatic N) is 3. The number of aromatic nitrogens is 2. The van der Waals surface area contributed by atoms with Crippen molar-refractivity contribution in [2.24, 2.45) is 11.3 Å².